The first kappa shape index (κ1) is 19.1. The van der Waals surface area contributed by atoms with Crippen molar-refractivity contribution in [2.24, 2.45) is 0 Å². The second-order valence-corrected chi connectivity index (χ2v) is 6.01. The number of hydrogen-bond acceptors (Lipinski definition) is 2. The Morgan fingerprint density at radius 2 is 1.44 bits per heavy atom. The number of anilines is 3. The maximum Gasteiger partial charge on any atom is 0.142 e. The SMILES string of the molecule is CCc1cnn(-c2[c-]cccc2)c1N(c1ccccc1)c1ccccc1.[Pt]. The van der Waals surface area contributed by atoms with Crippen molar-refractivity contribution in [2.75, 3.05) is 4.90 Å². The zero-order chi connectivity index (χ0) is 17.8. The summed E-state index contributed by atoms with van der Waals surface area (Å²) in [7, 11) is 0. The number of para-hydroxylation sites is 3. The predicted molar refractivity (Wildman–Crippen MR) is 106 cm³/mol. The van der Waals surface area contributed by atoms with E-state index in [9.17, 15) is 0 Å². The Kier molecular flexibility index (Phi) is 6.26. The third-order valence-electron chi connectivity index (χ3n) is 4.36. The molecular weight excluding hydrogens is 513 g/mol. The van der Waals surface area contributed by atoms with Crippen LogP contribution in [0.25, 0.3) is 5.69 Å². The van der Waals surface area contributed by atoms with Crippen LogP contribution in [0.5, 0.6) is 0 Å². The largest absolute Gasteiger partial charge is 0.295 e. The summed E-state index contributed by atoms with van der Waals surface area (Å²) in [6, 6.07) is 32.0. The molecule has 4 rings (SSSR count). The number of aromatic nitrogens is 2. The van der Waals surface area contributed by atoms with Crippen molar-refractivity contribution >= 4 is 17.2 Å². The Morgan fingerprint density at radius 1 is 0.852 bits per heavy atom. The van der Waals surface area contributed by atoms with Gasteiger partial charge < -0.3 is 0 Å². The van der Waals surface area contributed by atoms with Gasteiger partial charge in [-0.3, -0.25) is 4.90 Å². The molecular formula is C23H20N3Pt-. The number of hydrogen-bond donors (Lipinski definition) is 0. The maximum atomic E-state index is 4.67. The zero-order valence-corrected chi connectivity index (χ0v) is 17.3. The van der Waals surface area contributed by atoms with Crippen LogP contribution in [0.3, 0.4) is 0 Å². The third kappa shape index (κ3) is 3.89. The molecule has 0 aliphatic carbocycles. The van der Waals surface area contributed by atoms with Crippen molar-refractivity contribution < 1.29 is 21.1 Å². The molecule has 0 spiro atoms. The van der Waals surface area contributed by atoms with Gasteiger partial charge in [0.25, 0.3) is 0 Å². The van der Waals surface area contributed by atoms with Crippen molar-refractivity contribution in [2.45, 2.75) is 13.3 Å². The van der Waals surface area contributed by atoms with Crippen molar-refractivity contribution in [1.82, 2.24) is 9.78 Å². The maximum absolute atomic E-state index is 4.67. The van der Waals surface area contributed by atoms with E-state index in [1.807, 2.05) is 47.3 Å². The van der Waals surface area contributed by atoms with E-state index in [2.05, 4.69) is 71.5 Å². The molecule has 138 valence electrons. The van der Waals surface area contributed by atoms with Crippen LogP contribution in [0.2, 0.25) is 0 Å². The molecule has 0 unspecified atom stereocenters. The average molecular weight is 534 g/mol. The van der Waals surface area contributed by atoms with E-state index in [-0.39, 0.29) is 21.1 Å². The fourth-order valence-electron chi connectivity index (χ4n) is 3.10. The number of nitrogens with zero attached hydrogens (tertiary/aromatic N) is 3. The molecule has 0 radical (unpaired) electrons. The molecule has 0 saturated carbocycles. The van der Waals surface area contributed by atoms with Crippen LogP contribution in [-0.2, 0) is 27.5 Å². The van der Waals surface area contributed by atoms with E-state index < -0.39 is 0 Å². The fraction of sp³-hybridized carbons (Fsp3) is 0.0870. The van der Waals surface area contributed by atoms with Gasteiger partial charge >= 0.3 is 0 Å². The first-order chi connectivity index (χ1) is 12.9. The molecule has 0 atom stereocenters. The summed E-state index contributed by atoms with van der Waals surface area (Å²) in [6.07, 6.45) is 2.85. The van der Waals surface area contributed by atoms with Crippen molar-refractivity contribution in [3.63, 3.8) is 0 Å². The molecule has 27 heavy (non-hydrogen) atoms. The van der Waals surface area contributed by atoms with Crippen LogP contribution in [0.4, 0.5) is 17.2 Å². The fourth-order valence-corrected chi connectivity index (χ4v) is 3.10. The molecule has 0 N–H and O–H groups in total. The van der Waals surface area contributed by atoms with E-state index in [0.29, 0.717) is 0 Å². The van der Waals surface area contributed by atoms with Gasteiger partial charge in [0.05, 0.1) is 6.20 Å². The first-order valence-electron chi connectivity index (χ1n) is 8.82. The summed E-state index contributed by atoms with van der Waals surface area (Å²) in [5, 5.41) is 4.67. The van der Waals surface area contributed by atoms with Gasteiger partial charge in [0, 0.05) is 38.0 Å². The van der Waals surface area contributed by atoms with Crippen LogP contribution in [0.1, 0.15) is 12.5 Å². The smallest absolute Gasteiger partial charge is 0.142 e. The van der Waals surface area contributed by atoms with Crippen LogP contribution in [-0.4, -0.2) is 9.78 Å². The molecule has 1 aromatic heterocycles. The topological polar surface area (TPSA) is 21.1 Å². The molecule has 0 aliphatic heterocycles. The molecule has 0 amide bonds. The van der Waals surface area contributed by atoms with Crippen molar-refractivity contribution in [1.29, 1.82) is 0 Å². The Hall–Kier alpha value is -2.64. The monoisotopic (exact) mass is 533 g/mol. The van der Waals surface area contributed by atoms with Crippen LogP contribution < -0.4 is 4.90 Å². The summed E-state index contributed by atoms with van der Waals surface area (Å²) >= 11 is 0. The van der Waals surface area contributed by atoms with Gasteiger partial charge in [-0.1, -0.05) is 43.3 Å². The quantitative estimate of drug-likeness (QED) is 0.307. The summed E-state index contributed by atoms with van der Waals surface area (Å²) < 4.78 is 1.97. The minimum atomic E-state index is 0. The molecule has 0 fully saturated rings. The minimum Gasteiger partial charge on any atom is -0.295 e. The standard InChI is InChI=1S/C23H20N3.Pt/c1-2-19-18-24-26(22-16-10-5-11-17-22)23(19)25(20-12-6-3-7-13-20)21-14-8-4-9-15-21;/h3-16,18H,2H2,1H3;/q-1;. The predicted octanol–water partition coefficient (Wildman–Crippen LogP) is 5.70. The average Bonchev–Trinajstić information content (AvgIpc) is 3.14. The van der Waals surface area contributed by atoms with Crippen molar-refractivity contribution in [3.05, 3.63) is 103 Å². The number of benzene rings is 3. The summed E-state index contributed by atoms with van der Waals surface area (Å²) in [5.41, 5.74) is 4.33. The van der Waals surface area contributed by atoms with Gasteiger partial charge in [-0.25, -0.2) is 4.68 Å². The summed E-state index contributed by atoms with van der Waals surface area (Å²) in [5.74, 6) is 1.05. The summed E-state index contributed by atoms with van der Waals surface area (Å²) in [6.45, 7) is 2.16. The van der Waals surface area contributed by atoms with Gasteiger partial charge in [0.1, 0.15) is 5.82 Å². The second kappa shape index (κ2) is 8.83. The van der Waals surface area contributed by atoms with Crippen LogP contribution in [0.15, 0.2) is 91.1 Å². The van der Waals surface area contributed by atoms with E-state index in [4.69, 9.17) is 0 Å². The number of aryl methyl sites for hydroxylation is 1. The van der Waals surface area contributed by atoms with Gasteiger partial charge in [-0.05, 0) is 36.4 Å². The van der Waals surface area contributed by atoms with Gasteiger partial charge in [0.2, 0.25) is 0 Å². The van der Waals surface area contributed by atoms with Gasteiger partial charge in [-0.15, -0.1) is 6.07 Å². The molecule has 0 saturated heterocycles. The Bertz CT molecular complexity index is 927. The van der Waals surface area contributed by atoms with Crippen molar-refractivity contribution in [3.8, 4) is 5.69 Å². The minimum absolute atomic E-state index is 0. The molecule has 3 nitrogen and oxygen atoms in total. The number of rotatable bonds is 5. The zero-order valence-electron chi connectivity index (χ0n) is 15.0. The Morgan fingerprint density at radius 3 is 1.96 bits per heavy atom. The summed E-state index contributed by atoms with van der Waals surface area (Å²) in [4.78, 5) is 2.26. The molecule has 4 aromatic rings. The van der Waals surface area contributed by atoms with E-state index >= 15 is 0 Å². The molecule has 4 heteroatoms. The first-order valence-corrected chi connectivity index (χ1v) is 8.82. The van der Waals surface area contributed by atoms with Crippen LogP contribution in [0, 0.1) is 6.07 Å². The molecule has 1 heterocycles. The van der Waals surface area contributed by atoms with E-state index in [1.54, 1.807) is 0 Å². The normalized spacial score (nSPS) is 10.3. The van der Waals surface area contributed by atoms with E-state index in [1.165, 1.54) is 5.56 Å². The van der Waals surface area contributed by atoms with E-state index in [0.717, 1.165) is 29.3 Å². The molecule has 3 aromatic carbocycles. The third-order valence-corrected chi connectivity index (χ3v) is 4.36. The van der Waals surface area contributed by atoms with Gasteiger partial charge in [0.15, 0.2) is 0 Å². The Labute approximate surface area is 174 Å². The molecule has 0 bridgehead atoms. The van der Waals surface area contributed by atoms with Gasteiger partial charge in [-0.2, -0.15) is 29.4 Å². The molecule has 0 aliphatic rings. The second-order valence-electron chi connectivity index (χ2n) is 6.01. The Balaban J connectivity index is 0.00000210. The van der Waals surface area contributed by atoms with Crippen LogP contribution >= 0.6 is 0 Å².